The molecule has 3 aromatic carbocycles. The summed E-state index contributed by atoms with van der Waals surface area (Å²) < 4.78 is 3.04. The van der Waals surface area contributed by atoms with E-state index in [1.165, 1.54) is 4.57 Å². The lowest BCUT2D eigenvalue weighted by Gasteiger charge is -2.38. The molecule has 1 saturated carbocycles. The maximum atomic E-state index is 13.9. The summed E-state index contributed by atoms with van der Waals surface area (Å²) in [4.78, 5) is 117. The summed E-state index contributed by atoms with van der Waals surface area (Å²) in [6.07, 6.45) is 6.58. The number of carboxylic acids is 1. The summed E-state index contributed by atoms with van der Waals surface area (Å²) in [5.41, 5.74) is 15.0. The molecule has 4 aliphatic rings. The molecule has 3 aliphatic heterocycles. The minimum absolute atomic E-state index is 0.00492. The van der Waals surface area contributed by atoms with Crippen molar-refractivity contribution >= 4 is 69.1 Å². The predicted molar refractivity (Wildman–Crippen MR) is 255 cm³/mol. The van der Waals surface area contributed by atoms with Gasteiger partial charge in [0, 0.05) is 58.9 Å². The quantitative estimate of drug-likeness (QED) is 0.106. The van der Waals surface area contributed by atoms with E-state index in [9.17, 15) is 38.4 Å². The first kappa shape index (κ1) is 50.0. The average Bonchev–Trinajstić information content (AvgIpc) is 3.84. The zero-order chi connectivity index (χ0) is 49.5. The van der Waals surface area contributed by atoms with E-state index in [-0.39, 0.29) is 68.2 Å². The third-order valence-corrected chi connectivity index (χ3v) is 14.2. The maximum absolute atomic E-state index is 13.9. The summed E-state index contributed by atoms with van der Waals surface area (Å²) >= 11 is 0. The molecule has 19 nitrogen and oxygen atoms in total. The number of rotatable bonds is 13. The van der Waals surface area contributed by atoms with Gasteiger partial charge in [0.25, 0.3) is 5.97 Å². The van der Waals surface area contributed by atoms with Crippen molar-refractivity contribution in [3.8, 4) is 0 Å². The second kappa shape index (κ2) is 22.0. The normalized spacial score (nSPS) is 23.2. The van der Waals surface area contributed by atoms with E-state index in [2.05, 4.69) is 16.0 Å². The van der Waals surface area contributed by atoms with Crippen LogP contribution in [0.2, 0.25) is 0 Å². The largest absolute Gasteiger partial charge is 0.481 e. The minimum Gasteiger partial charge on any atom is -0.481 e. The molecule has 3 saturated heterocycles. The standard InChI is InChI=1S/C48H59N9O8.C2H4O2/c1-54-40-24-30(13-16-37(40)57(48(54)65)39-18-20-42(59)53-46(39)63)23-28-9-11-29(12-10-28)25-43(60)55-22-21-33-14-17-38(56(33)47(64)35(49)27-55)45(62)52-36(15-19-41(50)58)44(61)51-26-32-7-4-6-31-5-2-3-8-34(31)32;1-2(3)4/h2-8,13,16,24,28-29,33,35-36,38-39H,9-12,14-15,17-23,25-27,49H2,1H3,(H2,50,58)(H,51,61)(H,52,62)(H,53,59,63);1H3,(H,3,4)/t28?,29?,33-,35+,36+,38+,39?;/m1./s1. The van der Waals surface area contributed by atoms with Crippen molar-refractivity contribution in [2.45, 2.75) is 127 Å². The van der Waals surface area contributed by atoms with E-state index >= 15 is 0 Å². The fourth-order valence-electron chi connectivity index (χ4n) is 10.6. The summed E-state index contributed by atoms with van der Waals surface area (Å²) in [6.45, 7) is 1.73. The summed E-state index contributed by atoms with van der Waals surface area (Å²) in [5, 5.41) is 17.5. The number of imide groups is 1. The molecule has 368 valence electrons. The molecule has 8 N–H and O–H groups in total. The Bertz CT molecular complexity index is 2680. The van der Waals surface area contributed by atoms with Crippen LogP contribution in [-0.4, -0.2) is 109 Å². The van der Waals surface area contributed by atoms with Gasteiger partial charge in [-0.25, -0.2) is 4.79 Å². The first-order chi connectivity index (χ1) is 33.0. The van der Waals surface area contributed by atoms with Crippen LogP contribution in [0, 0.1) is 11.8 Å². The fourth-order valence-corrected chi connectivity index (χ4v) is 10.6. The Morgan fingerprint density at radius 2 is 1.58 bits per heavy atom. The van der Waals surface area contributed by atoms with Crippen LogP contribution in [0.1, 0.15) is 101 Å². The molecular formula is C50H63N9O10. The Labute approximate surface area is 399 Å². The molecule has 4 heterocycles. The number of imidazole rings is 1. The topological polar surface area (TPSA) is 278 Å². The number of benzene rings is 3. The Balaban J connectivity index is 0.00000169. The van der Waals surface area contributed by atoms with Crippen LogP contribution in [0.5, 0.6) is 0 Å². The lowest BCUT2D eigenvalue weighted by atomic mass is 9.78. The molecule has 69 heavy (non-hydrogen) atoms. The number of hydrogen-bond donors (Lipinski definition) is 6. The van der Waals surface area contributed by atoms with Crippen molar-refractivity contribution in [3.05, 3.63) is 82.3 Å². The van der Waals surface area contributed by atoms with Gasteiger partial charge in [-0.05, 0) is 110 Å². The number of hydrogen-bond acceptors (Lipinski definition) is 10. The molecule has 0 spiro atoms. The molecular weight excluding hydrogens is 887 g/mol. The summed E-state index contributed by atoms with van der Waals surface area (Å²) in [7, 11) is 1.69. The number of carbonyl (C=O) groups is 8. The maximum Gasteiger partial charge on any atom is 0.329 e. The highest BCUT2D eigenvalue weighted by Crippen LogP contribution is 2.35. The summed E-state index contributed by atoms with van der Waals surface area (Å²) in [6, 6.07) is 15.6. The third kappa shape index (κ3) is 11.9. The lowest BCUT2D eigenvalue weighted by molar-refractivity contribution is -0.145. The van der Waals surface area contributed by atoms with Gasteiger partial charge in [-0.3, -0.25) is 52.8 Å². The first-order valence-electron chi connectivity index (χ1n) is 23.9. The molecule has 7 amide bonds. The average molecular weight is 950 g/mol. The molecule has 1 aliphatic carbocycles. The van der Waals surface area contributed by atoms with Crippen LogP contribution in [0.3, 0.4) is 0 Å². The zero-order valence-corrected chi connectivity index (χ0v) is 39.2. The van der Waals surface area contributed by atoms with Crippen LogP contribution in [-0.2, 0) is 58.4 Å². The van der Waals surface area contributed by atoms with E-state index in [1.54, 1.807) is 21.4 Å². The minimum atomic E-state index is -1.06. The molecule has 0 radical (unpaired) electrons. The number of aliphatic carboxylic acids is 1. The Morgan fingerprint density at radius 3 is 2.30 bits per heavy atom. The number of nitrogens with two attached hydrogens (primary N) is 2. The Morgan fingerprint density at radius 1 is 0.870 bits per heavy atom. The fraction of sp³-hybridized carbons (Fsp3) is 0.500. The number of aromatic nitrogens is 2. The van der Waals surface area contributed by atoms with Crippen LogP contribution >= 0.6 is 0 Å². The number of nitrogens with zero attached hydrogens (tertiary/aromatic N) is 4. The van der Waals surface area contributed by atoms with Gasteiger partial charge in [0.1, 0.15) is 24.2 Å². The molecule has 8 rings (SSSR count). The molecule has 4 aromatic rings. The summed E-state index contributed by atoms with van der Waals surface area (Å²) in [5.74, 6) is -3.03. The highest BCUT2D eigenvalue weighted by molar-refractivity contribution is 6.00. The van der Waals surface area contributed by atoms with Gasteiger partial charge in [0.05, 0.1) is 11.0 Å². The lowest BCUT2D eigenvalue weighted by Crippen LogP contribution is -2.60. The first-order valence-corrected chi connectivity index (χ1v) is 23.9. The second-order valence-corrected chi connectivity index (χ2v) is 19.0. The van der Waals surface area contributed by atoms with Crippen molar-refractivity contribution in [2.24, 2.45) is 30.4 Å². The number of fused-ring (bicyclic) bond motifs is 3. The van der Waals surface area contributed by atoms with E-state index in [0.717, 1.165) is 66.4 Å². The Kier molecular flexibility index (Phi) is 16.0. The number of piperidine rings is 1. The monoisotopic (exact) mass is 949 g/mol. The van der Waals surface area contributed by atoms with Crippen molar-refractivity contribution in [1.82, 2.24) is 34.9 Å². The van der Waals surface area contributed by atoms with Crippen LogP contribution in [0.25, 0.3) is 21.8 Å². The van der Waals surface area contributed by atoms with E-state index in [1.807, 2.05) is 60.7 Å². The van der Waals surface area contributed by atoms with Gasteiger partial charge in [-0.15, -0.1) is 0 Å². The Hall–Kier alpha value is -6.89. The number of carboxylic acid groups (broad SMARTS) is 1. The second-order valence-electron chi connectivity index (χ2n) is 19.0. The molecule has 5 atom stereocenters. The number of carbonyl (C=O) groups excluding carboxylic acids is 7. The van der Waals surface area contributed by atoms with Crippen molar-refractivity contribution < 1.29 is 43.5 Å². The molecule has 4 fully saturated rings. The number of nitrogens with one attached hydrogen (secondary N) is 3. The molecule has 19 heteroatoms. The highest BCUT2D eigenvalue weighted by atomic mass is 16.4. The SMILES string of the molecule is CC(=O)O.Cn1c(=O)n(C2CCC(=O)NC2=O)c2ccc(CC3CCC(CC(=O)N4CC[C@H]5CC[C@@H](C(=O)N[C@@H](CCC(N)=O)C(=O)NCc6cccc7ccccc67)N5C(=O)[C@@H](N)C4)CC3)cc21. The van der Waals surface area contributed by atoms with Gasteiger partial charge in [-0.1, -0.05) is 48.5 Å². The number of amides is 7. The van der Waals surface area contributed by atoms with Crippen molar-refractivity contribution in [1.29, 1.82) is 0 Å². The van der Waals surface area contributed by atoms with Crippen molar-refractivity contribution in [3.63, 3.8) is 0 Å². The van der Waals surface area contributed by atoms with Crippen LogP contribution in [0.4, 0.5) is 0 Å². The van der Waals surface area contributed by atoms with Gasteiger partial charge in [-0.2, -0.15) is 0 Å². The van der Waals surface area contributed by atoms with Gasteiger partial charge < -0.3 is 37.0 Å². The van der Waals surface area contributed by atoms with Crippen LogP contribution in [0.15, 0.2) is 65.5 Å². The van der Waals surface area contributed by atoms with Gasteiger partial charge in [0.2, 0.25) is 41.4 Å². The smallest absolute Gasteiger partial charge is 0.329 e. The van der Waals surface area contributed by atoms with Crippen LogP contribution < -0.4 is 33.1 Å². The molecule has 0 bridgehead atoms. The van der Waals surface area contributed by atoms with E-state index in [0.29, 0.717) is 43.7 Å². The molecule has 1 aromatic heterocycles. The van der Waals surface area contributed by atoms with Crippen molar-refractivity contribution in [2.75, 3.05) is 13.1 Å². The van der Waals surface area contributed by atoms with Gasteiger partial charge in [0.15, 0.2) is 0 Å². The predicted octanol–water partition coefficient (Wildman–Crippen LogP) is 2.29. The highest BCUT2D eigenvalue weighted by Gasteiger charge is 2.45. The number of primary amides is 1. The van der Waals surface area contributed by atoms with E-state index in [4.69, 9.17) is 21.4 Å². The number of aryl methyl sites for hydroxylation is 1. The third-order valence-electron chi connectivity index (χ3n) is 14.2. The zero-order valence-electron chi connectivity index (χ0n) is 39.2. The molecule has 1 unspecified atom stereocenters. The van der Waals surface area contributed by atoms with Gasteiger partial charge >= 0.3 is 5.69 Å². The van der Waals surface area contributed by atoms with E-state index < -0.39 is 59.7 Å².